The number of amides is 1. The molecule has 6 nitrogen and oxygen atoms in total. The maximum Gasteiger partial charge on any atom is 0.416 e. The van der Waals surface area contributed by atoms with Crippen molar-refractivity contribution < 1.29 is 41.4 Å². The first-order valence-corrected chi connectivity index (χ1v) is 12.2. The highest BCUT2D eigenvalue weighted by molar-refractivity contribution is 6.33. The lowest BCUT2D eigenvalue weighted by Crippen LogP contribution is -2.42. The van der Waals surface area contributed by atoms with Crippen molar-refractivity contribution in [1.29, 1.82) is 0 Å². The van der Waals surface area contributed by atoms with E-state index in [4.69, 9.17) is 16.7 Å². The molecule has 0 spiro atoms. The molecule has 0 aliphatic carbocycles. The minimum atomic E-state index is -5.07. The van der Waals surface area contributed by atoms with Gasteiger partial charge in [0.2, 0.25) is 5.91 Å². The maximum atomic E-state index is 13.7. The van der Waals surface area contributed by atoms with Gasteiger partial charge >= 0.3 is 12.4 Å². The monoisotopic (exact) mass is 589 g/mol. The van der Waals surface area contributed by atoms with Gasteiger partial charge in [0.25, 0.3) is 0 Å². The van der Waals surface area contributed by atoms with Crippen LogP contribution in [0, 0.1) is 0 Å². The van der Waals surface area contributed by atoms with E-state index in [-0.39, 0.29) is 24.1 Å². The summed E-state index contributed by atoms with van der Waals surface area (Å²) in [5.74, 6) is -0.564. The first-order valence-electron chi connectivity index (χ1n) is 11.8. The molecule has 0 aliphatic heterocycles. The summed E-state index contributed by atoms with van der Waals surface area (Å²) in [4.78, 5) is 19.0. The van der Waals surface area contributed by atoms with Crippen molar-refractivity contribution in [3.8, 4) is 11.1 Å². The van der Waals surface area contributed by atoms with E-state index in [2.05, 4.69) is 10.3 Å². The number of nitrogens with zero attached hydrogens (tertiary/aromatic N) is 2. The number of anilines is 2. The average molecular weight is 590 g/mol. The van der Waals surface area contributed by atoms with E-state index in [1.807, 2.05) is 0 Å². The number of aliphatic hydroxyl groups is 2. The Hall–Kier alpha value is -3.35. The van der Waals surface area contributed by atoms with Crippen LogP contribution in [-0.4, -0.2) is 47.4 Å². The fourth-order valence-corrected chi connectivity index (χ4v) is 4.20. The molecule has 0 bridgehead atoms. The molecule has 0 saturated carbocycles. The molecule has 0 radical (unpaired) electrons. The quantitative estimate of drug-likeness (QED) is 0.275. The second kappa shape index (κ2) is 11.6. The van der Waals surface area contributed by atoms with Crippen molar-refractivity contribution in [2.75, 3.05) is 30.4 Å². The van der Waals surface area contributed by atoms with Crippen LogP contribution in [0.2, 0.25) is 5.02 Å². The summed E-state index contributed by atoms with van der Waals surface area (Å²) in [6.07, 6.45) is -9.94. The van der Waals surface area contributed by atoms with Gasteiger partial charge in [-0.2, -0.15) is 26.3 Å². The Kier molecular flexibility index (Phi) is 9.07. The van der Waals surface area contributed by atoms with Gasteiger partial charge in [0.15, 0.2) is 0 Å². The van der Waals surface area contributed by atoms with Crippen molar-refractivity contribution in [2.24, 2.45) is 0 Å². The summed E-state index contributed by atoms with van der Waals surface area (Å²) >= 11 is 6.39. The molecular weight excluding hydrogens is 564 g/mol. The van der Waals surface area contributed by atoms with Gasteiger partial charge in [0, 0.05) is 29.7 Å². The van der Waals surface area contributed by atoms with Crippen molar-refractivity contribution in [3.63, 3.8) is 0 Å². The SMILES string of the molecule is CN(C(=O)C(C)(C)c1cc(C(F)(F)F)cc(C(F)(F)F)c1)c1cnc(NC[C@@H](O)CO)cc1-c1ccccc1Cl. The van der Waals surface area contributed by atoms with E-state index in [0.29, 0.717) is 28.3 Å². The minimum absolute atomic E-state index is 0.00660. The van der Waals surface area contributed by atoms with Gasteiger partial charge in [-0.25, -0.2) is 4.98 Å². The Balaban J connectivity index is 2.11. The molecule has 3 N–H and O–H groups in total. The van der Waals surface area contributed by atoms with Crippen molar-refractivity contribution >= 4 is 29.0 Å². The molecule has 216 valence electrons. The first kappa shape index (κ1) is 31.2. The Labute approximate surface area is 231 Å². The number of likely N-dealkylation sites (N-methyl/N-ethyl adjacent to an activating group) is 1. The zero-order chi connectivity index (χ0) is 30.0. The largest absolute Gasteiger partial charge is 0.416 e. The third-order valence-corrected chi connectivity index (χ3v) is 6.62. The fourth-order valence-electron chi connectivity index (χ4n) is 3.96. The molecule has 3 rings (SSSR count). The van der Waals surface area contributed by atoms with Crippen LogP contribution in [0.15, 0.2) is 54.7 Å². The molecular formula is C27H26ClF6N3O3. The standard InChI is InChI=1S/C27H26ClF6N3O3/c1-25(2,15-8-16(26(29,30)31)10-17(9-15)27(32,33)34)24(40)37(3)22-13-36-23(35-12-18(39)14-38)11-20(22)19-6-4-5-7-21(19)28/h4-11,13,18,38-39H,12,14H2,1-3H3,(H,35,36)/t18-/m1/s1. The zero-order valence-corrected chi connectivity index (χ0v) is 22.3. The Morgan fingerprint density at radius 3 is 2.05 bits per heavy atom. The van der Waals surface area contributed by atoms with Crippen molar-refractivity contribution in [2.45, 2.75) is 37.7 Å². The molecule has 0 saturated heterocycles. The smallest absolute Gasteiger partial charge is 0.394 e. The summed E-state index contributed by atoms with van der Waals surface area (Å²) in [5.41, 5.74) is -4.37. The summed E-state index contributed by atoms with van der Waals surface area (Å²) < 4.78 is 80.9. The second-order valence-corrected chi connectivity index (χ2v) is 9.97. The molecule has 0 aliphatic rings. The molecule has 1 heterocycles. The number of hydrogen-bond donors (Lipinski definition) is 3. The summed E-state index contributed by atoms with van der Waals surface area (Å²) in [7, 11) is 1.32. The van der Waals surface area contributed by atoms with E-state index in [9.17, 15) is 36.2 Å². The number of benzene rings is 2. The van der Waals surface area contributed by atoms with Crippen LogP contribution in [0.1, 0.15) is 30.5 Å². The summed E-state index contributed by atoms with van der Waals surface area (Å²) in [6.45, 7) is 1.91. The number of carbonyl (C=O) groups is 1. The van der Waals surface area contributed by atoms with E-state index in [1.165, 1.54) is 33.2 Å². The van der Waals surface area contributed by atoms with Gasteiger partial charge in [-0.05, 0) is 49.7 Å². The summed E-state index contributed by atoms with van der Waals surface area (Å²) in [5, 5.41) is 21.8. The number of carbonyl (C=O) groups excluding carboxylic acids is 1. The van der Waals surface area contributed by atoms with E-state index < -0.39 is 53.1 Å². The topological polar surface area (TPSA) is 85.7 Å². The zero-order valence-electron chi connectivity index (χ0n) is 21.5. The minimum Gasteiger partial charge on any atom is -0.394 e. The number of rotatable bonds is 8. The average Bonchev–Trinajstić information content (AvgIpc) is 2.89. The number of aliphatic hydroxyl groups excluding tert-OH is 2. The molecule has 0 fully saturated rings. The highest BCUT2D eigenvalue weighted by Gasteiger charge is 2.41. The van der Waals surface area contributed by atoms with E-state index in [1.54, 1.807) is 24.3 Å². The molecule has 13 heteroatoms. The maximum absolute atomic E-state index is 13.7. The predicted molar refractivity (Wildman–Crippen MR) is 139 cm³/mol. The molecule has 0 unspecified atom stereocenters. The number of halogens is 7. The Morgan fingerprint density at radius 2 is 1.52 bits per heavy atom. The van der Waals surface area contributed by atoms with Gasteiger partial charge in [-0.3, -0.25) is 4.79 Å². The number of hydrogen-bond acceptors (Lipinski definition) is 5. The lowest BCUT2D eigenvalue weighted by atomic mass is 9.81. The summed E-state index contributed by atoms with van der Waals surface area (Å²) in [6, 6.07) is 9.20. The van der Waals surface area contributed by atoms with Crippen LogP contribution in [0.25, 0.3) is 11.1 Å². The van der Waals surface area contributed by atoms with E-state index in [0.717, 1.165) is 4.90 Å². The molecule has 3 aromatic rings. The Morgan fingerprint density at radius 1 is 0.975 bits per heavy atom. The van der Waals surface area contributed by atoms with Gasteiger partial charge in [0.1, 0.15) is 5.82 Å². The number of alkyl halides is 6. The molecule has 1 amide bonds. The van der Waals surface area contributed by atoms with Crippen LogP contribution < -0.4 is 10.2 Å². The fraction of sp³-hybridized carbons (Fsp3) is 0.333. The number of nitrogens with one attached hydrogen (secondary N) is 1. The van der Waals surface area contributed by atoms with Crippen LogP contribution in [0.5, 0.6) is 0 Å². The van der Waals surface area contributed by atoms with Crippen molar-refractivity contribution in [3.05, 3.63) is 76.4 Å². The van der Waals surface area contributed by atoms with Crippen LogP contribution >= 0.6 is 11.6 Å². The predicted octanol–water partition coefficient (Wildman–Crippen LogP) is 6.15. The second-order valence-electron chi connectivity index (χ2n) is 9.57. The van der Waals surface area contributed by atoms with Gasteiger partial charge in [0.05, 0.1) is 41.1 Å². The molecule has 2 aromatic carbocycles. The van der Waals surface area contributed by atoms with Gasteiger partial charge < -0.3 is 20.4 Å². The first-order chi connectivity index (χ1) is 18.5. The highest BCUT2D eigenvalue weighted by atomic mass is 35.5. The van der Waals surface area contributed by atoms with Gasteiger partial charge in [-0.1, -0.05) is 29.8 Å². The highest BCUT2D eigenvalue weighted by Crippen LogP contribution is 2.41. The lowest BCUT2D eigenvalue weighted by molar-refractivity contribution is -0.143. The third-order valence-electron chi connectivity index (χ3n) is 6.29. The molecule has 1 aromatic heterocycles. The molecule has 40 heavy (non-hydrogen) atoms. The molecule has 1 atom stereocenters. The lowest BCUT2D eigenvalue weighted by Gasteiger charge is -2.32. The number of pyridine rings is 1. The van der Waals surface area contributed by atoms with Crippen LogP contribution in [0.3, 0.4) is 0 Å². The Bertz CT molecular complexity index is 1350. The normalized spacial score (nSPS) is 13.2. The van der Waals surface area contributed by atoms with Crippen LogP contribution in [-0.2, 0) is 22.6 Å². The van der Waals surface area contributed by atoms with E-state index >= 15 is 0 Å². The number of aromatic nitrogens is 1. The van der Waals surface area contributed by atoms with Gasteiger partial charge in [-0.15, -0.1) is 0 Å². The van der Waals surface area contributed by atoms with Crippen molar-refractivity contribution in [1.82, 2.24) is 4.98 Å². The third kappa shape index (κ3) is 6.86. The van der Waals surface area contributed by atoms with Crippen LogP contribution in [0.4, 0.5) is 37.8 Å².